The van der Waals surface area contributed by atoms with Crippen molar-refractivity contribution < 1.29 is 14.0 Å². The average Bonchev–Trinajstić information content (AvgIpc) is 3.00. The number of hydrogen-bond acceptors (Lipinski definition) is 6. The summed E-state index contributed by atoms with van der Waals surface area (Å²) in [5.74, 6) is 1.66. The van der Waals surface area contributed by atoms with Crippen LogP contribution in [0.3, 0.4) is 0 Å². The molecule has 0 unspecified atom stereocenters. The van der Waals surface area contributed by atoms with Gasteiger partial charge in [0.1, 0.15) is 11.5 Å². The molecule has 2 aromatic heterocycles. The number of fused-ring (bicyclic) bond motifs is 1. The highest BCUT2D eigenvalue weighted by molar-refractivity contribution is 6.10. The van der Waals surface area contributed by atoms with Crippen molar-refractivity contribution in [1.29, 1.82) is 0 Å². The fraction of sp³-hybridized carbons (Fsp3) is 0.474. The molecule has 1 fully saturated rings. The summed E-state index contributed by atoms with van der Waals surface area (Å²) in [5.41, 5.74) is 0.906. The highest BCUT2D eigenvalue weighted by atomic mass is 16.3. The van der Waals surface area contributed by atoms with E-state index < -0.39 is 0 Å². The number of hydrogen-bond donors (Lipinski definition) is 1. The van der Waals surface area contributed by atoms with Gasteiger partial charge in [-0.1, -0.05) is 0 Å². The maximum absolute atomic E-state index is 12.9. The second-order valence-electron chi connectivity index (χ2n) is 6.92. The highest BCUT2D eigenvalue weighted by Crippen LogP contribution is 2.29. The zero-order chi connectivity index (χ0) is 18.1. The molecule has 7 heteroatoms. The van der Waals surface area contributed by atoms with E-state index in [9.17, 15) is 9.59 Å². The number of ketones is 1. The number of aryl methyl sites for hydroxylation is 2. The summed E-state index contributed by atoms with van der Waals surface area (Å²) in [6.07, 6.45) is 7.27. The summed E-state index contributed by atoms with van der Waals surface area (Å²) in [6, 6.07) is 1.78. The molecule has 0 radical (unpaired) electrons. The average molecular weight is 354 g/mol. The molecule has 4 rings (SSSR count). The quantitative estimate of drug-likeness (QED) is 0.910. The molecule has 3 heterocycles. The first-order valence-electron chi connectivity index (χ1n) is 9.12. The summed E-state index contributed by atoms with van der Waals surface area (Å²) in [7, 11) is 0. The third-order valence-electron chi connectivity index (χ3n) is 5.06. The summed E-state index contributed by atoms with van der Waals surface area (Å²) in [6.45, 7) is 3.28. The van der Waals surface area contributed by atoms with E-state index in [1.54, 1.807) is 25.4 Å². The van der Waals surface area contributed by atoms with E-state index in [4.69, 9.17) is 4.42 Å². The van der Waals surface area contributed by atoms with E-state index in [0.717, 1.165) is 32.2 Å². The Balaban J connectivity index is 1.50. The summed E-state index contributed by atoms with van der Waals surface area (Å²) >= 11 is 0. The lowest BCUT2D eigenvalue weighted by Crippen LogP contribution is -2.48. The predicted molar refractivity (Wildman–Crippen MR) is 95.4 cm³/mol. The number of carbonyl (C=O) groups excluding carboxylic acids is 2. The molecule has 2 aliphatic rings. The topological polar surface area (TPSA) is 88.3 Å². The first-order chi connectivity index (χ1) is 12.6. The largest absolute Gasteiger partial charge is 0.465 e. The SMILES string of the molecule is Cc1oc2c(c1C(=O)N[C@H]1CCCN(c3ncccn3)C1)C(=O)CCC2. The van der Waals surface area contributed by atoms with Gasteiger partial charge < -0.3 is 14.6 Å². The van der Waals surface area contributed by atoms with Crippen LogP contribution in [0.2, 0.25) is 0 Å². The number of Topliss-reactive ketones (excluding diaryl/α,β-unsaturated/α-hetero) is 1. The first kappa shape index (κ1) is 16.8. The Bertz CT molecular complexity index is 831. The Kier molecular flexibility index (Phi) is 4.44. The summed E-state index contributed by atoms with van der Waals surface area (Å²) in [4.78, 5) is 35.8. The molecule has 1 amide bonds. The van der Waals surface area contributed by atoms with Crippen LogP contribution in [0.4, 0.5) is 5.95 Å². The predicted octanol–water partition coefficient (Wildman–Crippen LogP) is 2.30. The van der Waals surface area contributed by atoms with Crippen molar-refractivity contribution in [1.82, 2.24) is 15.3 Å². The van der Waals surface area contributed by atoms with E-state index >= 15 is 0 Å². The van der Waals surface area contributed by atoms with Crippen LogP contribution in [-0.2, 0) is 6.42 Å². The molecule has 0 aromatic carbocycles. The van der Waals surface area contributed by atoms with Gasteiger partial charge in [-0.3, -0.25) is 9.59 Å². The van der Waals surface area contributed by atoms with Gasteiger partial charge in [0.05, 0.1) is 11.1 Å². The molecule has 1 aliphatic heterocycles. The van der Waals surface area contributed by atoms with Crippen molar-refractivity contribution in [3.05, 3.63) is 41.1 Å². The zero-order valence-electron chi connectivity index (χ0n) is 14.8. The Morgan fingerprint density at radius 1 is 1.27 bits per heavy atom. The first-order valence-corrected chi connectivity index (χ1v) is 9.12. The molecule has 1 N–H and O–H groups in total. The second-order valence-corrected chi connectivity index (χ2v) is 6.92. The zero-order valence-corrected chi connectivity index (χ0v) is 14.8. The lowest BCUT2D eigenvalue weighted by atomic mass is 9.93. The Hall–Kier alpha value is -2.70. The molecular formula is C19H22N4O3. The highest BCUT2D eigenvalue weighted by Gasteiger charge is 2.32. The van der Waals surface area contributed by atoms with E-state index in [0.29, 0.717) is 41.6 Å². The van der Waals surface area contributed by atoms with Crippen LogP contribution in [0.25, 0.3) is 0 Å². The van der Waals surface area contributed by atoms with Crippen LogP contribution in [0.5, 0.6) is 0 Å². The van der Waals surface area contributed by atoms with Crippen molar-refractivity contribution in [2.45, 2.75) is 45.1 Å². The monoisotopic (exact) mass is 354 g/mol. The van der Waals surface area contributed by atoms with Crippen molar-refractivity contribution in [2.24, 2.45) is 0 Å². The third kappa shape index (κ3) is 3.09. The van der Waals surface area contributed by atoms with E-state index in [1.165, 1.54) is 0 Å². The van der Waals surface area contributed by atoms with Gasteiger partial charge in [0, 0.05) is 44.4 Å². The van der Waals surface area contributed by atoms with Crippen LogP contribution in [0.15, 0.2) is 22.9 Å². The number of amides is 1. The lowest BCUT2D eigenvalue weighted by Gasteiger charge is -2.33. The van der Waals surface area contributed by atoms with Crippen LogP contribution in [0, 0.1) is 6.92 Å². The van der Waals surface area contributed by atoms with Crippen molar-refractivity contribution in [2.75, 3.05) is 18.0 Å². The van der Waals surface area contributed by atoms with Crippen LogP contribution >= 0.6 is 0 Å². The van der Waals surface area contributed by atoms with Gasteiger partial charge in [-0.15, -0.1) is 0 Å². The van der Waals surface area contributed by atoms with E-state index in [2.05, 4.69) is 20.2 Å². The molecule has 2 aromatic rings. The molecular weight excluding hydrogens is 332 g/mol. The van der Waals surface area contributed by atoms with Crippen molar-refractivity contribution in [3.63, 3.8) is 0 Å². The number of piperidine rings is 1. The lowest BCUT2D eigenvalue weighted by molar-refractivity contribution is 0.0913. The molecule has 0 spiro atoms. The van der Waals surface area contributed by atoms with E-state index in [1.807, 2.05) is 0 Å². The fourth-order valence-electron chi connectivity index (χ4n) is 3.87. The minimum Gasteiger partial charge on any atom is -0.465 e. The smallest absolute Gasteiger partial charge is 0.255 e. The standard InChI is InChI=1S/C19H22N4O3/c1-12-16(17-14(24)6-2-7-15(17)26-12)18(25)22-13-5-3-10-23(11-13)19-20-8-4-9-21-19/h4,8-9,13H,2-3,5-7,10-11H2,1H3,(H,22,25)/t13-/m0/s1. The van der Waals surface area contributed by atoms with Gasteiger partial charge in [-0.2, -0.15) is 0 Å². The normalized spacial score (nSPS) is 20.0. The maximum Gasteiger partial charge on any atom is 0.255 e. The van der Waals surface area contributed by atoms with Crippen LogP contribution < -0.4 is 10.2 Å². The third-order valence-corrected chi connectivity index (χ3v) is 5.06. The van der Waals surface area contributed by atoms with Crippen LogP contribution in [0.1, 0.15) is 57.9 Å². The Morgan fingerprint density at radius 3 is 2.88 bits per heavy atom. The van der Waals surface area contributed by atoms with Gasteiger partial charge in [0.2, 0.25) is 5.95 Å². The van der Waals surface area contributed by atoms with Gasteiger partial charge in [-0.25, -0.2) is 9.97 Å². The molecule has 7 nitrogen and oxygen atoms in total. The molecule has 1 atom stereocenters. The Morgan fingerprint density at radius 2 is 2.08 bits per heavy atom. The van der Waals surface area contributed by atoms with Crippen molar-refractivity contribution in [3.8, 4) is 0 Å². The van der Waals surface area contributed by atoms with Gasteiger partial charge >= 0.3 is 0 Å². The number of carbonyl (C=O) groups is 2. The Labute approximate surface area is 151 Å². The fourth-order valence-corrected chi connectivity index (χ4v) is 3.87. The molecule has 136 valence electrons. The van der Waals surface area contributed by atoms with Gasteiger partial charge in [0.25, 0.3) is 5.91 Å². The molecule has 1 aliphatic carbocycles. The van der Waals surface area contributed by atoms with Gasteiger partial charge in [-0.05, 0) is 32.3 Å². The summed E-state index contributed by atoms with van der Waals surface area (Å²) in [5, 5.41) is 3.08. The minimum absolute atomic E-state index is 0.0104. The molecule has 0 saturated carbocycles. The number of nitrogens with zero attached hydrogens (tertiary/aromatic N) is 3. The maximum atomic E-state index is 12.9. The van der Waals surface area contributed by atoms with Crippen molar-refractivity contribution >= 4 is 17.6 Å². The summed E-state index contributed by atoms with van der Waals surface area (Å²) < 4.78 is 5.70. The molecule has 1 saturated heterocycles. The van der Waals surface area contributed by atoms with Crippen LogP contribution in [-0.4, -0.2) is 40.8 Å². The molecule has 26 heavy (non-hydrogen) atoms. The second kappa shape index (κ2) is 6.90. The van der Waals surface area contributed by atoms with Gasteiger partial charge in [0.15, 0.2) is 5.78 Å². The number of anilines is 1. The number of aromatic nitrogens is 2. The number of nitrogens with one attached hydrogen (secondary N) is 1. The van der Waals surface area contributed by atoms with E-state index in [-0.39, 0.29) is 17.7 Å². The number of rotatable bonds is 3. The minimum atomic E-state index is -0.219. The number of furan rings is 1. The molecule has 0 bridgehead atoms.